The molecule has 0 heterocycles. The highest BCUT2D eigenvalue weighted by molar-refractivity contribution is 5.28. The van der Waals surface area contributed by atoms with E-state index in [0.717, 1.165) is 24.2 Å². The van der Waals surface area contributed by atoms with E-state index in [2.05, 4.69) is 56.4 Å². The van der Waals surface area contributed by atoms with Crippen molar-refractivity contribution in [3.63, 3.8) is 0 Å². The number of aliphatic hydroxyl groups is 1. The molecule has 0 bridgehead atoms. The molecule has 2 nitrogen and oxygen atoms in total. The third-order valence-corrected chi connectivity index (χ3v) is 3.75. The highest BCUT2D eigenvalue weighted by atomic mass is 16.3. The van der Waals surface area contributed by atoms with Crippen molar-refractivity contribution in [2.24, 2.45) is 0 Å². The molecule has 0 spiro atoms. The van der Waals surface area contributed by atoms with Crippen LogP contribution in [-0.2, 0) is 25.1 Å². The first kappa shape index (κ1) is 15.7. The molecule has 2 aromatic rings. The molecule has 0 saturated carbocycles. The van der Waals surface area contributed by atoms with Crippen LogP contribution in [0.2, 0.25) is 0 Å². The van der Waals surface area contributed by atoms with Crippen molar-refractivity contribution < 1.29 is 5.11 Å². The summed E-state index contributed by atoms with van der Waals surface area (Å²) in [4.78, 5) is 0. The summed E-state index contributed by atoms with van der Waals surface area (Å²) < 4.78 is 0. The van der Waals surface area contributed by atoms with Gasteiger partial charge in [0.15, 0.2) is 0 Å². The maximum Gasteiger partial charge on any atom is 0.0685 e. The number of benzene rings is 2. The molecule has 0 fully saturated rings. The van der Waals surface area contributed by atoms with Crippen molar-refractivity contribution in [1.29, 1.82) is 0 Å². The summed E-state index contributed by atoms with van der Waals surface area (Å²) in [6.07, 6.45) is 0. The number of hydrogen-bond acceptors (Lipinski definition) is 2. The molecule has 0 aliphatic heterocycles. The lowest BCUT2D eigenvalue weighted by atomic mass is 9.87. The SMILES string of the molecule is CC(C)(C)c1ccc(CNCc2ccccc2CO)cc1. The molecular weight excluding hydrogens is 258 g/mol. The van der Waals surface area contributed by atoms with E-state index < -0.39 is 0 Å². The first-order chi connectivity index (χ1) is 10.0. The second-order valence-electron chi connectivity index (χ2n) is 6.48. The van der Waals surface area contributed by atoms with E-state index in [1.54, 1.807) is 0 Å². The average Bonchev–Trinajstić information content (AvgIpc) is 2.47. The van der Waals surface area contributed by atoms with Crippen LogP contribution < -0.4 is 5.32 Å². The molecule has 2 aromatic carbocycles. The highest BCUT2D eigenvalue weighted by Gasteiger charge is 2.12. The molecule has 0 aromatic heterocycles. The summed E-state index contributed by atoms with van der Waals surface area (Å²) in [7, 11) is 0. The third-order valence-electron chi connectivity index (χ3n) is 3.75. The van der Waals surface area contributed by atoms with Crippen molar-refractivity contribution in [2.75, 3.05) is 0 Å². The Morgan fingerprint density at radius 1 is 0.857 bits per heavy atom. The van der Waals surface area contributed by atoms with Crippen LogP contribution in [0.15, 0.2) is 48.5 Å². The summed E-state index contributed by atoms with van der Waals surface area (Å²) >= 11 is 0. The molecule has 0 radical (unpaired) electrons. The van der Waals surface area contributed by atoms with Crippen LogP contribution in [0.25, 0.3) is 0 Å². The average molecular weight is 283 g/mol. The van der Waals surface area contributed by atoms with Crippen LogP contribution in [0.4, 0.5) is 0 Å². The third kappa shape index (κ3) is 4.42. The zero-order valence-corrected chi connectivity index (χ0v) is 13.2. The number of aliphatic hydroxyl groups excluding tert-OH is 1. The van der Waals surface area contributed by atoms with E-state index in [1.807, 2.05) is 18.2 Å². The topological polar surface area (TPSA) is 32.3 Å². The molecule has 0 aliphatic rings. The Bertz CT molecular complexity index is 567. The molecule has 0 aliphatic carbocycles. The summed E-state index contributed by atoms with van der Waals surface area (Å²) in [5.74, 6) is 0. The van der Waals surface area contributed by atoms with Crippen molar-refractivity contribution in [2.45, 2.75) is 45.9 Å². The van der Waals surface area contributed by atoms with Gasteiger partial charge in [0, 0.05) is 13.1 Å². The van der Waals surface area contributed by atoms with Crippen LogP contribution in [-0.4, -0.2) is 5.11 Å². The van der Waals surface area contributed by atoms with Crippen LogP contribution in [0, 0.1) is 0 Å². The fourth-order valence-electron chi connectivity index (χ4n) is 2.35. The Morgan fingerprint density at radius 3 is 2.05 bits per heavy atom. The summed E-state index contributed by atoms with van der Waals surface area (Å²) in [5, 5.41) is 12.8. The molecular formula is C19H25NO. The largest absolute Gasteiger partial charge is 0.392 e. The Balaban J connectivity index is 1.92. The number of nitrogens with one attached hydrogen (secondary N) is 1. The minimum Gasteiger partial charge on any atom is -0.392 e. The second kappa shape index (κ2) is 6.88. The smallest absolute Gasteiger partial charge is 0.0685 e. The second-order valence-corrected chi connectivity index (χ2v) is 6.48. The molecule has 0 saturated heterocycles. The fourth-order valence-corrected chi connectivity index (χ4v) is 2.35. The molecule has 0 atom stereocenters. The lowest BCUT2D eigenvalue weighted by Crippen LogP contribution is -2.15. The van der Waals surface area contributed by atoms with E-state index in [1.165, 1.54) is 11.1 Å². The fraction of sp³-hybridized carbons (Fsp3) is 0.368. The molecule has 2 N–H and O–H groups in total. The van der Waals surface area contributed by atoms with Gasteiger partial charge >= 0.3 is 0 Å². The van der Waals surface area contributed by atoms with Gasteiger partial charge in [-0.25, -0.2) is 0 Å². The Hall–Kier alpha value is -1.64. The predicted molar refractivity (Wildman–Crippen MR) is 88.1 cm³/mol. The van der Waals surface area contributed by atoms with Crippen molar-refractivity contribution in [1.82, 2.24) is 5.32 Å². The van der Waals surface area contributed by atoms with E-state index in [-0.39, 0.29) is 12.0 Å². The van der Waals surface area contributed by atoms with Gasteiger partial charge in [0.25, 0.3) is 0 Å². The van der Waals surface area contributed by atoms with E-state index in [4.69, 9.17) is 0 Å². The minimum atomic E-state index is 0.0954. The zero-order chi connectivity index (χ0) is 15.3. The summed E-state index contributed by atoms with van der Waals surface area (Å²) in [6.45, 7) is 8.39. The summed E-state index contributed by atoms with van der Waals surface area (Å²) in [6, 6.07) is 16.8. The highest BCUT2D eigenvalue weighted by Crippen LogP contribution is 2.22. The van der Waals surface area contributed by atoms with Crippen LogP contribution in [0.1, 0.15) is 43.0 Å². The number of rotatable bonds is 5. The van der Waals surface area contributed by atoms with E-state index >= 15 is 0 Å². The molecule has 0 unspecified atom stereocenters. The van der Waals surface area contributed by atoms with Gasteiger partial charge in [-0.2, -0.15) is 0 Å². The first-order valence-electron chi connectivity index (χ1n) is 7.48. The van der Waals surface area contributed by atoms with Crippen LogP contribution in [0.3, 0.4) is 0 Å². The van der Waals surface area contributed by atoms with Gasteiger partial charge in [0.05, 0.1) is 6.61 Å². The standard InChI is InChI=1S/C19H25NO/c1-19(2,3)18-10-8-15(9-11-18)12-20-13-16-6-4-5-7-17(16)14-21/h4-11,20-21H,12-14H2,1-3H3. The Morgan fingerprint density at radius 2 is 1.48 bits per heavy atom. The molecule has 0 amide bonds. The zero-order valence-electron chi connectivity index (χ0n) is 13.2. The van der Waals surface area contributed by atoms with Crippen molar-refractivity contribution in [3.8, 4) is 0 Å². The molecule has 2 heteroatoms. The van der Waals surface area contributed by atoms with Gasteiger partial charge in [-0.1, -0.05) is 69.3 Å². The maximum atomic E-state index is 9.31. The first-order valence-corrected chi connectivity index (χ1v) is 7.48. The Kier molecular flexibility index (Phi) is 5.16. The Labute approximate surface area is 127 Å². The van der Waals surface area contributed by atoms with Crippen molar-refractivity contribution >= 4 is 0 Å². The van der Waals surface area contributed by atoms with Gasteiger partial charge < -0.3 is 10.4 Å². The summed E-state index contributed by atoms with van der Waals surface area (Å²) in [5.41, 5.74) is 4.99. The van der Waals surface area contributed by atoms with Gasteiger partial charge in [0.1, 0.15) is 0 Å². The molecule has 21 heavy (non-hydrogen) atoms. The molecule has 2 rings (SSSR count). The monoisotopic (exact) mass is 283 g/mol. The van der Waals surface area contributed by atoms with Crippen LogP contribution >= 0.6 is 0 Å². The van der Waals surface area contributed by atoms with E-state index in [0.29, 0.717) is 0 Å². The van der Waals surface area contributed by atoms with Crippen molar-refractivity contribution in [3.05, 3.63) is 70.8 Å². The van der Waals surface area contributed by atoms with Gasteiger partial charge in [-0.15, -0.1) is 0 Å². The normalized spacial score (nSPS) is 11.6. The lowest BCUT2D eigenvalue weighted by Gasteiger charge is -2.19. The quantitative estimate of drug-likeness (QED) is 0.875. The number of hydrogen-bond donors (Lipinski definition) is 2. The minimum absolute atomic E-state index is 0.0954. The lowest BCUT2D eigenvalue weighted by molar-refractivity contribution is 0.280. The van der Waals surface area contributed by atoms with Gasteiger partial charge in [0.2, 0.25) is 0 Å². The van der Waals surface area contributed by atoms with Gasteiger partial charge in [-0.05, 0) is 27.7 Å². The maximum absolute atomic E-state index is 9.31. The predicted octanol–water partition coefficient (Wildman–Crippen LogP) is 3.77. The van der Waals surface area contributed by atoms with E-state index in [9.17, 15) is 5.11 Å². The van der Waals surface area contributed by atoms with Gasteiger partial charge in [-0.3, -0.25) is 0 Å². The van der Waals surface area contributed by atoms with Crippen LogP contribution in [0.5, 0.6) is 0 Å². The molecule has 112 valence electrons.